The molecule has 0 aliphatic rings. The maximum Gasteiger partial charge on any atom is 0.412 e. The molecule has 112 valence electrons. The van der Waals surface area contributed by atoms with Gasteiger partial charge in [-0.05, 0) is 46.8 Å². The molecule has 0 unspecified atom stereocenters. The summed E-state index contributed by atoms with van der Waals surface area (Å²) in [6.07, 6.45) is -0.732. The second-order valence-corrected chi connectivity index (χ2v) is 6.38. The molecule has 0 saturated heterocycles. The van der Waals surface area contributed by atoms with Gasteiger partial charge in [-0.15, -0.1) is 0 Å². The van der Waals surface area contributed by atoms with E-state index in [0.717, 1.165) is 0 Å². The highest BCUT2D eigenvalue weighted by atomic mass is 35.5. The molecule has 1 amide bonds. The number of rotatable bonds is 2. The van der Waals surface area contributed by atoms with Gasteiger partial charge < -0.3 is 9.84 Å². The fraction of sp³-hybridized carbons (Fsp3) is 0.500. The summed E-state index contributed by atoms with van der Waals surface area (Å²) in [5.74, 6) is -0.771. The van der Waals surface area contributed by atoms with Crippen molar-refractivity contribution < 1.29 is 19.0 Å². The highest BCUT2D eigenvalue weighted by Gasteiger charge is 2.28. The molecule has 1 aromatic carbocycles. The maximum atomic E-state index is 14.1. The largest absolute Gasteiger partial charge is 0.444 e. The normalized spacial score (nSPS) is 12.2. The zero-order valence-electron chi connectivity index (χ0n) is 12.2. The van der Waals surface area contributed by atoms with Gasteiger partial charge in [-0.2, -0.15) is 0 Å². The molecule has 0 aliphatic carbocycles. The van der Waals surface area contributed by atoms with Crippen LogP contribution in [0.3, 0.4) is 0 Å². The van der Waals surface area contributed by atoms with Gasteiger partial charge >= 0.3 is 6.09 Å². The third-order valence-corrected chi connectivity index (χ3v) is 2.63. The second kappa shape index (κ2) is 5.58. The van der Waals surface area contributed by atoms with Crippen molar-refractivity contribution in [1.29, 1.82) is 0 Å². The van der Waals surface area contributed by atoms with Crippen molar-refractivity contribution in [3.63, 3.8) is 0 Å². The molecule has 20 heavy (non-hydrogen) atoms. The SMILES string of the molecule is CC(C)(C)OC(=O)Nc1ccc(Cl)c(F)c1C(C)(C)O. The number of carbonyl (C=O) groups excluding carboxylic acids is 1. The Labute approximate surface area is 122 Å². The summed E-state index contributed by atoms with van der Waals surface area (Å²) in [6, 6.07) is 2.72. The second-order valence-electron chi connectivity index (χ2n) is 5.97. The minimum Gasteiger partial charge on any atom is -0.444 e. The zero-order valence-corrected chi connectivity index (χ0v) is 12.9. The van der Waals surface area contributed by atoms with E-state index in [1.807, 2.05) is 0 Å². The Morgan fingerprint density at radius 2 is 1.85 bits per heavy atom. The molecule has 1 rings (SSSR count). The van der Waals surface area contributed by atoms with Gasteiger partial charge in [0, 0.05) is 5.56 Å². The van der Waals surface area contributed by atoms with Crippen molar-refractivity contribution in [2.24, 2.45) is 0 Å². The Kier molecular flexibility index (Phi) is 4.66. The molecular formula is C14H19ClFNO3. The van der Waals surface area contributed by atoms with E-state index < -0.39 is 23.1 Å². The number of benzene rings is 1. The molecule has 0 radical (unpaired) electrons. The van der Waals surface area contributed by atoms with Crippen LogP contribution in [-0.2, 0) is 10.3 Å². The van der Waals surface area contributed by atoms with Crippen LogP contribution in [0.1, 0.15) is 40.2 Å². The monoisotopic (exact) mass is 303 g/mol. The molecule has 0 aliphatic heterocycles. The predicted octanol–water partition coefficient (Wildman–Crippen LogP) is 4.05. The van der Waals surface area contributed by atoms with Crippen molar-refractivity contribution in [3.05, 3.63) is 28.5 Å². The lowest BCUT2D eigenvalue weighted by Crippen LogP contribution is -2.29. The topological polar surface area (TPSA) is 58.6 Å². The summed E-state index contributed by atoms with van der Waals surface area (Å²) in [5, 5.41) is 12.3. The maximum absolute atomic E-state index is 14.1. The molecule has 6 heteroatoms. The average molecular weight is 304 g/mol. The summed E-state index contributed by atoms with van der Waals surface area (Å²) >= 11 is 5.70. The van der Waals surface area contributed by atoms with Gasteiger partial charge in [-0.1, -0.05) is 11.6 Å². The van der Waals surface area contributed by atoms with E-state index in [0.29, 0.717) is 0 Å². The van der Waals surface area contributed by atoms with E-state index >= 15 is 0 Å². The van der Waals surface area contributed by atoms with E-state index in [4.69, 9.17) is 16.3 Å². The van der Waals surface area contributed by atoms with Gasteiger partial charge in [0.15, 0.2) is 0 Å². The molecule has 0 heterocycles. The number of halogens is 2. The van der Waals surface area contributed by atoms with Crippen LogP contribution < -0.4 is 5.32 Å². The molecule has 4 nitrogen and oxygen atoms in total. The fourth-order valence-corrected chi connectivity index (χ4v) is 1.82. The predicted molar refractivity (Wildman–Crippen MR) is 76.5 cm³/mol. The molecular weight excluding hydrogens is 285 g/mol. The number of amides is 1. The van der Waals surface area contributed by atoms with Crippen LogP contribution in [0, 0.1) is 5.82 Å². The van der Waals surface area contributed by atoms with Crippen LogP contribution in [0.15, 0.2) is 12.1 Å². The third-order valence-electron chi connectivity index (χ3n) is 2.34. The first-order valence-electron chi connectivity index (χ1n) is 6.12. The standard InChI is InChI=1S/C14H19ClFNO3/c1-13(2,3)20-12(18)17-9-7-6-8(15)11(16)10(9)14(4,5)19/h6-7,19H,1-5H3,(H,17,18). The van der Waals surface area contributed by atoms with Gasteiger partial charge in [0.2, 0.25) is 0 Å². The van der Waals surface area contributed by atoms with Crippen molar-refractivity contribution in [2.75, 3.05) is 5.32 Å². The van der Waals surface area contributed by atoms with Crippen LogP contribution in [0.4, 0.5) is 14.9 Å². The molecule has 0 aromatic heterocycles. The molecule has 2 N–H and O–H groups in total. The van der Waals surface area contributed by atoms with E-state index in [1.165, 1.54) is 26.0 Å². The van der Waals surface area contributed by atoms with E-state index in [2.05, 4.69) is 5.32 Å². The number of carbonyl (C=O) groups is 1. The number of hydrogen-bond donors (Lipinski definition) is 2. The number of nitrogens with one attached hydrogen (secondary N) is 1. The summed E-state index contributed by atoms with van der Waals surface area (Å²) in [6.45, 7) is 7.95. The Hall–Kier alpha value is -1.33. The molecule has 0 bridgehead atoms. The smallest absolute Gasteiger partial charge is 0.412 e. The summed E-state index contributed by atoms with van der Waals surface area (Å²) in [4.78, 5) is 11.7. The Bertz CT molecular complexity index is 518. The fourth-order valence-electron chi connectivity index (χ4n) is 1.67. The van der Waals surface area contributed by atoms with E-state index in [-0.39, 0.29) is 16.3 Å². The quantitative estimate of drug-likeness (QED) is 0.866. The minimum absolute atomic E-state index is 0.0872. The van der Waals surface area contributed by atoms with Crippen LogP contribution in [0.5, 0.6) is 0 Å². The zero-order chi connectivity index (χ0) is 15.7. The van der Waals surface area contributed by atoms with Crippen molar-refractivity contribution >= 4 is 23.4 Å². The Morgan fingerprint density at radius 3 is 2.30 bits per heavy atom. The molecule has 0 fully saturated rings. The lowest BCUT2D eigenvalue weighted by atomic mass is 9.95. The Morgan fingerprint density at radius 1 is 1.30 bits per heavy atom. The molecule has 0 saturated carbocycles. The van der Waals surface area contributed by atoms with Gasteiger partial charge in [-0.25, -0.2) is 9.18 Å². The summed E-state index contributed by atoms with van der Waals surface area (Å²) in [5.41, 5.74) is -2.15. The molecule has 0 spiro atoms. The summed E-state index contributed by atoms with van der Waals surface area (Å²) in [7, 11) is 0. The first-order valence-corrected chi connectivity index (χ1v) is 6.50. The number of aliphatic hydroxyl groups is 1. The van der Waals surface area contributed by atoms with Crippen molar-refractivity contribution in [3.8, 4) is 0 Å². The third kappa shape index (κ3) is 4.35. The van der Waals surface area contributed by atoms with Crippen LogP contribution in [0.25, 0.3) is 0 Å². The number of anilines is 1. The van der Waals surface area contributed by atoms with Gasteiger partial charge in [0.05, 0.1) is 16.3 Å². The summed E-state index contributed by atoms with van der Waals surface area (Å²) < 4.78 is 19.2. The van der Waals surface area contributed by atoms with Gasteiger partial charge in [0.25, 0.3) is 0 Å². The molecule has 1 aromatic rings. The van der Waals surface area contributed by atoms with Crippen molar-refractivity contribution in [1.82, 2.24) is 0 Å². The Balaban J connectivity index is 3.14. The van der Waals surface area contributed by atoms with E-state index in [9.17, 15) is 14.3 Å². The van der Waals surface area contributed by atoms with Crippen LogP contribution >= 0.6 is 11.6 Å². The first kappa shape index (κ1) is 16.7. The highest BCUT2D eigenvalue weighted by molar-refractivity contribution is 6.31. The van der Waals surface area contributed by atoms with Crippen LogP contribution in [0.2, 0.25) is 5.02 Å². The molecule has 0 atom stereocenters. The minimum atomic E-state index is -1.50. The van der Waals surface area contributed by atoms with Gasteiger partial charge in [0.1, 0.15) is 11.4 Å². The lowest BCUT2D eigenvalue weighted by Gasteiger charge is -2.24. The van der Waals surface area contributed by atoms with Crippen molar-refractivity contribution in [2.45, 2.75) is 45.8 Å². The average Bonchev–Trinajstić information content (AvgIpc) is 2.18. The van der Waals surface area contributed by atoms with E-state index in [1.54, 1.807) is 20.8 Å². The lowest BCUT2D eigenvalue weighted by molar-refractivity contribution is 0.0631. The highest BCUT2D eigenvalue weighted by Crippen LogP contribution is 2.34. The number of ether oxygens (including phenoxy) is 1. The number of hydrogen-bond acceptors (Lipinski definition) is 3. The van der Waals surface area contributed by atoms with Crippen LogP contribution in [-0.4, -0.2) is 16.8 Å². The first-order chi connectivity index (χ1) is 8.92. The van der Waals surface area contributed by atoms with Gasteiger partial charge in [-0.3, -0.25) is 5.32 Å².